The zero-order valence-corrected chi connectivity index (χ0v) is 16.9. The highest BCUT2D eigenvalue weighted by atomic mass is 16.5. The Kier molecular flexibility index (Phi) is 3.51. The van der Waals surface area contributed by atoms with E-state index in [0.29, 0.717) is 0 Å². The van der Waals surface area contributed by atoms with Crippen LogP contribution in [-0.2, 0) is 0 Å². The van der Waals surface area contributed by atoms with E-state index in [1.54, 1.807) is 0 Å². The number of benzene rings is 4. The second-order valence-corrected chi connectivity index (χ2v) is 8.43. The van der Waals surface area contributed by atoms with Crippen LogP contribution in [0, 0.1) is 0 Å². The highest BCUT2D eigenvalue weighted by Gasteiger charge is 2.46. The molecule has 2 nitrogen and oxygen atoms in total. The van der Waals surface area contributed by atoms with Crippen molar-refractivity contribution in [1.29, 1.82) is 0 Å². The number of rotatable bonds is 1. The summed E-state index contributed by atoms with van der Waals surface area (Å²) in [6, 6.07) is 27.7. The maximum atomic E-state index is 6.62. The molecule has 0 bridgehead atoms. The minimum atomic E-state index is 0.0462. The lowest BCUT2D eigenvalue weighted by molar-refractivity contribution is 0.245. The Labute approximate surface area is 181 Å². The van der Waals surface area contributed by atoms with E-state index in [0.717, 1.165) is 22.8 Å². The van der Waals surface area contributed by atoms with Crippen molar-refractivity contribution in [2.45, 2.75) is 11.9 Å². The molecule has 31 heavy (non-hydrogen) atoms. The predicted molar refractivity (Wildman–Crippen MR) is 127 cm³/mol. The third-order valence-electron chi connectivity index (χ3n) is 6.79. The van der Waals surface area contributed by atoms with Gasteiger partial charge < -0.3 is 9.47 Å². The zero-order valence-electron chi connectivity index (χ0n) is 16.9. The van der Waals surface area contributed by atoms with Gasteiger partial charge in [0, 0.05) is 16.8 Å². The largest absolute Gasteiger partial charge is 0.487 e. The van der Waals surface area contributed by atoms with Gasteiger partial charge >= 0.3 is 0 Å². The van der Waals surface area contributed by atoms with Gasteiger partial charge in [-0.1, -0.05) is 78.9 Å². The molecular formula is C28H19BO2. The van der Waals surface area contributed by atoms with Crippen LogP contribution in [-0.4, -0.2) is 12.8 Å². The maximum Gasteiger partial charge on any atom is 0.234 e. The van der Waals surface area contributed by atoms with E-state index in [2.05, 4.69) is 103 Å². The molecule has 0 N–H and O–H groups in total. The molecule has 4 aromatic carbocycles. The summed E-state index contributed by atoms with van der Waals surface area (Å²) in [6.45, 7) is 0.213. The van der Waals surface area contributed by atoms with Gasteiger partial charge in [-0.15, -0.1) is 0 Å². The molecule has 0 radical (unpaired) electrons. The molecule has 3 heteroatoms. The summed E-state index contributed by atoms with van der Waals surface area (Å²) in [5.74, 6) is 3.06. The molecule has 0 spiro atoms. The fourth-order valence-corrected chi connectivity index (χ4v) is 5.43. The lowest BCUT2D eigenvalue weighted by Gasteiger charge is -2.40. The van der Waals surface area contributed by atoms with Crippen LogP contribution in [0.2, 0.25) is 5.82 Å². The molecule has 2 atom stereocenters. The first-order chi connectivity index (χ1) is 15.4. The Balaban J connectivity index is 1.53. The Morgan fingerprint density at radius 2 is 1.52 bits per heavy atom. The Bertz CT molecular complexity index is 1410. The third-order valence-corrected chi connectivity index (χ3v) is 6.79. The van der Waals surface area contributed by atoms with Gasteiger partial charge in [-0.3, -0.25) is 0 Å². The van der Waals surface area contributed by atoms with Crippen molar-refractivity contribution in [3.05, 3.63) is 103 Å². The monoisotopic (exact) mass is 398 g/mol. The van der Waals surface area contributed by atoms with E-state index >= 15 is 0 Å². The van der Waals surface area contributed by atoms with E-state index in [-0.39, 0.29) is 18.6 Å². The summed E-state index contributed by atoms with van der Waals surface area (Å²) in [5, 5.41) is 2.46. The summed E-state index contributed by atoms with van der Waals surface area (Å²) < 4.78 is 13.1. The molecule has 2 heterocycles. The first kappa shape index (κ1) is 17.0. The van der Waals surface area contributed by atoms with Crippen LogP contribution >= 0.6 is 0 Å². The number of para-hydroxylation sites is 1. The molecular weight excluding hydrogens is 379 g/mol. The molecule has 146 valence electrons. The van der Waals surface area contributed by atoms with E-state index in [4.69, 9.17) is 9.47 Å². The lowest BCUT2D eigenvalue weighted by Crippen LogP contribution is -2.56. The summed E-state index contributed by atoms with van der Waals surface area (Å²) in [6.07, 6.45) is 8.73. The molecule has 0 aromatic heterocycles. The maximum absolute atomic E-state index is 6.62. The number of fused-ring (bicyclic) bond motifs is 5. The van der Waals surface area contributed by atoms with E-state index in [1.165, 1.54) is 27.3 Å². The van der Waals surface area contributed by atoms with Crippen LogP contribution in [0.5, 0.6) is 17.2 Å². The van der Waals surface area contributed by atoms with Crippen molar-refractivity contribution in [3.8, 4) is 28.4 Å². The third kappa shape index (κ3) is 2.40. The average molecular weight is 398 g/mol. The lowest BCUT2D eigenvalue weighted by atomic mass is 9.30. The molecule has 1 aliphatic carbocycles. The molecule has 0 amide bonds. The van der Waals surface area contributed by atoms with Gasteiger partial charge in [-0.05, 0) is 46.1 Å². The Morgan fingerprint density at radius 1 is 0.677 bits per heavy atom. The van der Waals surface area contributed by atoms with Crippen molar-refractivity contribution >= 4 is 28.4 Å². The standard InChI is InChI=1S/C28H19BO2/c1-2-10-19-18(8-1)9-7-11-20(19)21-16-17-26-27-28(21)31-25-15-6-4-13-23(25)29(27)22-12-3-5-14-24(22)30-26/h1-17,22,24H/t22?,24-/m1/s1. The van der Waals surface area contributed by atoms with E-state index in [1.807, 2.05) is 0 Å². The van der Waals surface area contributed by atoms with Gasteiger partial charge in [-0.25, -0.2) is 0 Å². The van der Waals surface area contributed by atoms with Crippen molar-refractivity contribution in [2.75, 3.05) is 0 Å². The van der Waals surface area contributed by atoms with Crippen LogP contribution in [0.3, 0.4) is 0 Å². The topological polar surface area (TPSA) is 18.5 Å². The smallest absolute Gasteiger partial charge is 0.234 e. The summed E-state index contributed by atoms with van der Waals surface area (Å²) in [7, 11) is 0. The molecule has 0 fully saturated rings. The zero-order chi connectivity index (χ0) is 20.4. The van der Waals surface area contributed by atoms with Gasteiger partial charge in [0.1, 0.15) is 23.4 Å². The summed E-state index contributed by atoms with van der Waals surface area (Å²) >= 11 is 0. The first-order valence-corrected chi connectivity index (χ1v) is 10.8. The van der Waals surface area contributed by atoms with Crippen LogP contribution in [0.25, 0.3) is 21.9 Å². The number of hydrogen-bond acceptors (Lipinski definition) is 2. The van der Waals surface area contributed by atoms with Gasteiger partial charge in [0.05, 0.1) is 0 Å². The second kappa shape index (κ2) is 6.39. The normalized spacial score (nSPS) is 19.8. The number of hydrogen-bond donors (Lipinski definition) is 0. The highest BCUT2D eigenvalue weighted by Crippen LogP contribution is 2.45. The Hall–Kier alpha value is -3.72. The fourth-order valence-electron chi connectivity index (χ4n) is 5.43. The minimum absolute atomic E-state index is 0.0462. The minimum Gasteiger partial charge on any atom is -0.487 e. The quantitative estimate of drug-likeness (QED) is 0.396. The van der Waals surface area contributed by atoms with Crippen LogP contribution < -0.4 is 20.4 Å². The molecule has 2 aliphatic heterocycles. The summed E-state index contributed by atoms with van der Waals surface area (Å²) in [4.78, 5) is 0. The van der Waals surface area contributed by atoms with Crippen molar-refractivity contribution in [2.24, 2.45) is 0 Å². The molecule has 4 aromatic rings. The molecule has 0 saturated heterocycles. The predicted octanol–water partition coefficient (Wildman–Crippen LogP) is 5.48. The van der Waals surface area contributed by atoms with Crippen molar-refractivity contribution in [1.82, 2.24) is 0 Å². The molecule has 1 unspecified atom stereocenters. The van der Waals surface area contributed by atoms with Crippen LogP contribution in [0.1, 0.15) is 0 Å². The van der Waals surface area contributed by atoms with Crippen LogP contribution in [0.4, 0.5) is 0 Å². The average Bonchev–Trinajstić information content (AvgIpc) is 2.84. The van der Waals surface area contributed by atoms with Gasteiger partial charge in [0.25, 0.3) is 0 Å². The van der Waals surface area contributed by atoms with Gasteiger partial charge in [-0.2, -0.15) is 0 Å². The van der Waals surface area contributed by atoms with Crippen molar-refractivity contribution < 1.29 is 9.47 Å². The second-order valence-electron chi connectivity index (χ2n) is 8.43. The van der Waals surface area contributed by atoms with Gasteiger partial charge in [0.15, 0.2) is 0 Å². The fraction of sp³-hybridized carbons (Fsp3) is 0.0714. The van der Waals surface area contributed by atoms with Gasteiger partial charge in [0.2, 0.25) is 6.71 Å². The Morgan fingerprint density at radius 3 is 2.52 bits per heavy atom. The number of allylic oxidation sites excluding steroid dienone is 2. The molecule has 3 aliphatic rings. The number of ether oxygens (including phenoxy) is 2. The first-order valence-electron chi connectivity index (χ1n) is 10.8. The van der Waals surface area contributed by atoms with Crippen LogP contribution in [0.15, 0.2) is 103 Å². The highest BCUT2D eigenvalue weighted by molar-refractivity contribution is 6.89. The SMILES string of the molecule is C1=CC2B3c4ccccc4Oc4c(-c5cccc6ccccc56)ccc(c43)O[C@@H]2C=C1. The molecule has 7 rings (SSSR count). The van der Waals surface area contributed by atoms with E-state index in [9.17, 15) is 0 Å². The van der Waals surface area contributed by atoms with E-state index < -0.39 is 0 Å². The molecule has 0 saturated carbocycles. The summed E-state index contributed by atoms with van der Waals surface area (Å²) in [5.41, 5.74) is 4.72. The van der Waals surface area contributed by atoms with Crippen molar-refractivity contribution in [3.63, 3.8) is 0 Å².